The molecule has 79 valence electrons. The van der Waals surface area contributed by atoms with Crippen LogP contribution in [0, 0.1) is 16.7 Å². The van der Waals surface area contributed by atoms with Gasteiger partial charge in [-0.15, -0.1) is 0 Å². The van der Waals surface area contributed by atoms with E-state index in [1.807, 2.05) is 0 Å². The molecule has 0 aromatic heterocycles. The fourth-order valence-corrected chi connectivity index (χ4v) is 2.86. The number of hydrogen-bond donors (Lipinski definition) is 0. The molecule has 1 nitrogen and oxygen atoms in total. The van der Waals surface area contributed by atoms with Crippen LogP contribution < -0.4 is 5.73 Å². The van der Waals surface area contributed by atoms with Crippen LogP contribution in [0.15, 0.2) is 0 Å². The molecule has 0 saturated carbocycles. The Hall–Kier alpha value is -0.0400. The number of nitrogens with one attached hydrogen (secondary N) is 1. The summed E-state index contributed by atoms with van der Waals surface area (Å²) in [4.78, 5) is 0. The smallest absolute Gasteiger partial charge is 0.0443 e. The lowest BCUT2D eigenvalue weighted by Gasteiger charge is -2.53. The van der Waals surface area contributed by atoms with Gasteiger partial charge in [0.05, 0.1) is 0 Å². The second-order valence-corrected chi connectivity index (χ2v) is 6.46. The molecule has 0 aliphatic carbocycles. The summed E-state index contributed by atoms with van der Waals surface area (Å²) in [7, 11) is 0. The van der Waals surface area contributed by atoms with Crippen molar-refractivity contribution in [1.82, 2.24) is 5.73 Å². The maximum Gasteiger partial charge on any atom is 0.0443 e. The van der Waals surface area contributed by atoms with Gasteiger partial charge in [-0.25, -0.2) is 5.73 Å². The lowest BCUT2D eigenvalue weighted by molar-refractivity contribution is 0.00986. The maximum absolute atomic E-state index is 8.68. The van der Waals surface area contributed by atoms with E-state index < -0.39 is 0 Å². The minimum absolute atomic E-state index is 0.0272. The molecule has 0 rings (SSSR count). The molecule has 0 aliphatic heterocycles. The van der Waals surface area contributed by atoms with Crippen LogP contribution in [0.3, 0.4) is 0 Å². The molecule has 0 spiro atoms. The number of rotatable bonds is 1. The van der Waals surface area contributed by atoms with E-state index in [1.54, 1.807) is 0 Å². The molecule has 0 aromatic rings. The first kappa shape index (κ1) is 13.0. The highest BCUT2D eigenvalue weighted by Crippen LogP contribution is 2.47. The van der Waals surface area contributed by atoms with E-state index in [-0.39, 0.29) is 16.4 Å². The monoisotopic (exact) mass is 184 g/mol. The van der Waals surface area contributed by atoms with E-state index in [0.717, 1.165) is 0 Å². The van der Waals surface area contributed by atoms with E-state index >= 15 is 0 Å². The Morgan fingerprint density at radius 2 is 1.00 bits per heavy atom. The van der Waals surface area contributed by atoms with Crippen LogP contribution >= 0.6 is 0 Å². The molecule has 1 radical (unpaired) electrons. The topological polar surface area (TPSA) is 23.8 Å². The first-order chi connectivity index (χ1) is 5.44. The van der Waals surface area contributed by atoms with Crippen LogP contribution in [-0.4, -0.2) is 5.54 Å². The van der Waals surface area contributed by atoms with Crippen LogP contribution in [0.4, 0.5) is 0 Å². The molecule has 0 heterocycles. The van der Waals surface area contributed by atoms with Crippen molar-refractivity contribution in [2.24, 2.45) is 16.7 Å². The lowest BCUT2D eigenvalue weighted by atomic mass is 9.56. The van der Waals surface area contributed by atoms with Gasteiger partial charge in [-0.05, 0) is 16.7 Å². The molecule has 0 aliphatic rings. The Morgan fingerprint density at radius 3 is 1.00 bits per heavy atom. The van der Waals surface area contributed by atoms with Crippen molar-refractivity contribution in [2.45, 2.75) is 60.9 Å². The largest absolute Gasteiger partial charge is 0.250 e. The van der Waals surface area contributed by atoms with Crippen LogP contribution in [0.5, 0.6) is 0 Å². The van der Waals surface area contributed by atoms with E-state index in [1.165, 1.54) is 0 Å². The van der Waals surface area contributed by atoms with Gasteiger partial charge in [0.15, 0.2) is 0 Å². The Balaban J connectivity index is 5.22. The van der Waals surface area contributed by atoms with Crippen LogP contribution in [-0.2, 0) is 0 Å². The van der Waals surface area contributed by atoms with Crippen molar-refractivity contribution in [2.75, 3.05) is 0 Å². The van der Waals surface area contributed by atoms with Crippen molar-refractivity contribution in [3.63, 3.8) is 0 Å². The fourth-order valence-electron chi connectivity index (χ4n) is 2.86. The summed E-state index contributed by atoms with van der Waals surface area (Å²) >= 11 is 0. The second kappa shape index (κ2) is 3.27. The zero-order chi connectivity index (χ0) is 11.1. The zero-order valence-corrected chi connectivity index (χ0v) is 10.6. The first-order valence-corrected chi connectivity index (χ1v) is 5.19. The van der Waals surface area contributed by atoms with Gasteiger partial charge in [0.1, 0.15) is 0 Å². The molecule has 1 N–H and O–H groups in total. The van der Waals surface area contributed by atoms with Crippen LogP contribution in [0.2, 0.25) is 0 Å². The fraction of sp³-hybridized carbons (Fsp3) is 1.00. The second-order valence-electron chi connectivity index (χ2n) is 6.46. The highest BCUT2D eigenvalue weighted by molar-refractivity contribution is 5.04. The third kappa shape index (κ3) is 2.07. The standard InChI is InChI=1S/C12H26N/c1-9(2)12(13,10(3,4)5)11(6,7)8/h9,13H,1-8H3. The molecule has 0 amide bonds. The van der Waals surface area contributed by atoms with Gasteiger partial charge in [0, 0.05) is 5.54 Å². The van der Waals surface area contributed by atoms with Crippen molar-refractivity contribution in [3.05, 3.63) is 0 Å². The molecule has 0 fully saturated rings. The highest BCUT2D eigenvalue weighted by Gasteiger charge is 2.50. The molecule has 0 aromatic carbocycles. The van der Waals surface area contributed by atoms with E-state index in [0.29, 0.717) is 5.92 Å². The first-order valence-electron chi connectivity index (χ1n) is 5.19. The molecular formula is C12H26N. The summed E-state index contributed by atoms with van der Waals surface area (Å²) in [5, 5.41) is 0. The quantitative estimate of drug-likeness (QED) is 0.592. The predicted octanol–water partition coefficient (Wildman–Crippen LogP) is 3.76. The molecule has 0 unspecified atom stereocenters. The maximum atomic E-state index is 8.68. The van der Waals surface area contributed by atoms with Gasteiger partial charge >= 0.3 is 0 Å². The number of hydrogen-bond acceptors (Lipinski definition) is 0. The molecule has 1 heteroatoms. The van der Waals surface area contributed by atoms with Gasteiger partial charge in [-0.2, -0.15) is 0 Å². The van der Waals surface area contributed by atoms with Crippen LogP contribution in [0.1, 0.15) is 55.4 Å². The van der Waals surface area contributed by atoms with Gasteiger partial charge < -0.3 is 0 Å². The Morgan fingerprint density at radius 1 is 0.769 bits per heavy atom. The summed E-state index contributed by atoms with van der Waals surface area (Å²) in [6.07, 6.45) is 0. The van der Waals surface area contributed by atoms with Crippen molar-refractivity contribution in [3.8, 4) is 0 Å². The summed E-state index contributed by atoms with van der Waals surface area (Å²) < 4.78 is 0. The van der Waals surface area contributed by atoms with Crippen LogP contribution in [0.25, 0.3) is 0 Å². The summed E-state index contributed by atoms with van der Waals surface area (Å²) in [6.45, 7) is 17.3. The lowest BCUT2D eigenvalue weighted by Crippen LogP contribution is -2.58. The molecule has 0 bridgehead atoms. The zero-order valence-electron chi connectivity index (χ0n) is 10.6. The average Bonchev–Trinajstić information content (AvgIpc) is 1.80. The van der Waals surface area contributed by atoms with Gasteiger partial charge in [-0.1, -0.05) is 55.4 Å². The van der Waals surface area contributed by atoms with E-state index in [4.69, 9.17) is 5.73 Å². The SMILES string of the molecule is CC(C)C([NH])(C(C)(C)C)C(C)(C)C. The molecule has 0 atom stereocenters. The summed E-state index contributed by atoms with van der Waals surface area (Å²) in [6, 6.07) is 0. The Kier molecular flexibility index (Phi) is 3.26. The molecule has 0 saturated heterocycles. The minimum atomic E-state index is -0.375. The highest BCUT2D eigenvalue weighted by atomic mass is 14.8. The van der Waals surface area contributed by atoms with Gasteiger partial charge in [0.2, 0.25) is 0 Å². The molecule has 13 heavy (non-hydrogen) atoms. The van der Waals surface area contributed by atoms with Gasteiger partial charge in [-0.3, -0.25) is 0 Å². The predicted molar refractivity (Wildman–Crippen MR) is 59.6 cm³/mol. The summed E-state index contributed by atoms with van der Waals surface area (Å²) in [5.41, 5.74) is 8.36. The van der Waals surface area contributed by atoms with E-state index in [9.17, 15) is 0 Å². The Labute approximate surface area is 84.1 Å². The van der Waals surface area contributed by atoms with Crippen molar-refractivity contribution >= 4 is 0 Å². The Bertz CT molecular complexity index is 153. The van der Waals surface area contributed by atoms with Gasteiger partial charge in [0.25, 0.3) is 0 Å². The normalized spacial score (nSPS) is 15.2. The van der Waals surface area contributed by atoms with E-state index in [2.05, 4.69) is 55.4 Å². The third-order valence-electron chi connectivity index (χ3n) is 3.23. The summed E-state index contributed by atoms with van der Waals surface area (Å²) in [5.74, 6) is 0.382. The average molecular weight is 184 g/mol. The van der Waals surface area contributed by atoms with Crippen molar-refractivity contribution < 1.29 is 0 Å². The minimum Gasteiger partial charge on any atom is -0.250 e. The van der Waals surface area contributed by atoms with Crippen molar-refractivity contribution in [1.29, 1.82) is 0 Å². The third-order valence-corrected chi connectivity index (χ3v) is 3.23. The molecular weight excluding hydrogens is 158 g/mol.